The highest BCUT2D eigenvalue weighted by molar-refractivity contribution is 9.10. The quantitative estimate of drug-likeness (QED) is 0.452. The first kappa shape index (κ1) is 20.7. The molecule has 9 heteroatoms. The number of nitrogens with one attached hydrogen (secondary N) is 2. The lowest BCUT2D eigenvalue weighted by molar-refractivity contribution is -0.123. The number of carbonyl (C=O) groups is 2. The minimum Gasteiger partial charge on any atom is -0.507 e. The van der Waals surface area contributed by atoms with E-state index in [-0.39, 0.29) is 18.5 Å². The number of hydrazone groups is 1. The van der Waals surface area contributed by atoms with Crippen LogP contribution in [0.2, 0.25) is 0 Å². The molecule has 0 fully saturated rings. The van der Waals surface area contributed by atoms with Gasteiger partial charge in [0.15, 0.2) is 11.5 Å². The summed E-state index contributed by atoms with van der Waals surface area (Å²) in [5.74, 6) is 0.0298. The molecule has 2 amide bonds. The first-order chi connectivity index (χ1) is 13.8. The number of rotatable bonds is 6. The number of aromatic hydroxyl groups is 1. The maximum atomic E-state index is 12.6. The van der Waals surface area contributed by atoms with E-state index in [2.05, 4.69) is 31.8 Å². The molecule has 0 bridgehead atoms. The van der Waals surface area contributed by atoms with E-state index in [0.29, 0.717) is 22.6 Å². The van der Waals surface area contributed by atoms with Crippen molar-refractivity contribution in [3.63, 3.8) is 0 Å². The first-order valence-electron chi connectivity index (χ1n) is 8.87. The molecule has 0 aromatic heterocycles. The molecule has 1 unspecified atom stereocenters. The Hall–Kier alpha value is -3.07. The Morgan fingerprint density at radius 1 is 1.17 bits per heavy atom. The number of benzene rings is 2. The van der Waals surface area contributed by atoms with Crippen molar-refractivity contribution in [1.82, 2.24) is 10.7 Å². The maximum absolute atomic E-state index is 12.6. The Morgan fingerprint density at radius 3 is 2.69 bits per heavy atom. The van der Waals surface area contributed by atoms with Gasteiger partial charge >= 0.3 is 0 Å². The van der Waals surface area contributed by atoms with Crippen molar-refractivity contribution in [3.8, 4) is 17.2 Å². The van der Waals surface area contributed by atoms with E-state index in [1.54, 1.807) is 30.3 Å². The summed E-state index contributed by atoms with van der Waals surface area (Å²) in [4.78, 5) is 25.1. The van der Waals surface area contributed by atoms with Crippen LogP contribution >= 0.6 is 15.9 Å². The summed E-state index contributed by atoms with van der Waals surface area (Å²) in [6.45, 7) is 3.74. The third-order valence-electron chi connectivity index (χ3n) is 4.24. The molecule has 8 nitrogen and oxygen atoms in total. The van der Waals surface area contributed by atoms with Gasteiger partial charge in [0.2, 0.25) is 6.79 Å². The number of phenols is 1. The molecule has 1 aliphatic rings. The van der Waals surface area contributed by atoms with Crippen molar-refractivity contribution in [2.75, 3.05) is 6.79 Å². The van der Waals surface area contributed by atoms with Crippen molar-refractivity contribution in [2.45, 2.75) is 19.9 Å². The van der Waals surface area contributed by atoms with Crippen LogP contribution in [0.25, 0.3) is 0 Å². The summed E-state index contributed by atoms with van der Waals surface area (Å²) in [5.41, 5.74) is 3.19. The molecular formula is C20H20BrN3O5. The van der Waals surface area contributed by atoms with Crippen molar-refractivity contribution < 1.29 is 24.2 Å². The van der Waals surface area contributed by atoms with Gasteiger partial charge in [-0.05, 0) is 42.3 Å². The SMILES string of the molecule is CC(C)C(NC(=O)c1ccc2c(c1)OCO2)C(=O)NN=Cc1cc(Br)ccc1O. The molecule has 2 aromatic rings. The second kappa shape index (κ2) is 8.95. The van der Waals surface area contributed by atoms with Crippen molar-refractivity contribution >= 4 is 34.0 Å². The van der Waals surface area contributed by atoms with Crippen LogP contribution in [-0.2, 0) is 4.79 Å². The number of fused-ring (bicyclic) bond motifs is 1. The van der Waals surface area contributed by atoms with Crippen molar-refractivity contribution in [3.05, 3.63) is 52.0 Å². The Labute approximate surface area is 176 Å². The van der Waals surface area contributed by atoms with Crippen LogP contribution in [0.15, 0.2) is 46.0 Å². The highest BCUT2D eigenvalue weighted by atomic mass is 79.9. The van der Waals surface area contributed by atoms with E-state index < -0.39 is 17.9 Å². The molecule has 3 N–H and O–H groups in total. The summed E-state index contributed by atoms with van der Waals surface area (Å²) in [6, 6.07) is 8.87. The van der Waals surface area contributed by atoms with Crippen LogP contribution < -0.4 is 20.2 Å². The Morgan fingerprint density at radius 2 is 1.93 bits per heavy atom. The fraction of sp³-hybridized carbons (Fsp3) is 0.250. The average Bonchev–Trinajstić information content (AvgIpc) is 3.16. The monoisotopic (exact) mass is 461 g/mol. The van der Waals surface area contributed by atoms with E-state index >= 15 is 0 Å². The Balaban J connectivity index is 1.65. The van der Waals surface area contributed by atoms with Crippen LogP contribution in [-0.4, -0.2) is 36.0 Å². The number of phenolic OH excluding ortho intramolecular Hbond substituents is 1. The normalized spacial score (nSPS) is 13.5. The summed E-state index contributed by atoms with van der Waals surface area (Å²) < 4.78 is 11.3. The zero-order chi connectivity index (χ0) is 21.0. The smallest absolute Gasteiger partial charge is 0.262 e. The summed E-state index contributed by atoms with van der Waals surface area (Å²) in [7, 11) is 0. The predicted molar refractivity (Wildman–Crippen MR) is 110 cm³/mol. The van der Waals surface area contributed by atoms with E-state index in [1.165, 1.54) is 12.3 Å². The average molecular weight is 462 g/mol. The molecule has 1 atom stereocenters. The van der Waals surface area contributed by atoms with Crippen LogP contribution in [0.1, 0.15) is 29.8 Å². The zero-order valence-corrected chi connectivity index (χ0v) is 17.4. The van der Waals surface area contributed by atoms with Gasteiger partial charge in [0.05, 0.1) is 6.21 Å². The van der Waals surface area contributed by atoms with Crippen LogP contribution in [0.5, 0.6) is 17.2 Å². The molecule has 0 radical (unpaired) electrons. The highest BCUT2D eigenvalue weighted by Gasteiger charge is 2.25. The molecule has 1 heterocycles. The number of halogens is 1. The van der Waals surface area contributed by atoms with E-state index in [4.69, 9.17) is 9.47 Å². The molecule has 1 aliphatic heterocycles. The van der Waals surface area contributed by atoms with Gasteiger partial charge in [-0.1, -0.05) is 29.8 Å². The minimum atomic E-state index is -0.804. The number of carbonyl (C=O) groups excluding carboxylic acids is 2. The highest BCUT2D eigenvalue weighted by Crippen LogP contribution is 2.32. The lowest BCUT2D eigenvalue weighted by Crippen LogP contribution is -2.48. The standard InChI is InChI=1S/C20H20BrN3O5/c1-11(2)18(20(27)24-22-9-13-7-14(21)4-5-15(13)25)23-19(26)12-3-6-16-17(8-12)29-10-28-16/h3-9,11,18,25H,10H2,1-2H3,(H,23,26)(H,24,27). The maximum Gasteiger partial charge on any atom is 0.262 e. The number of ether oxygens (including phenoxy) is 2. The van der Waals surface area contributed by atoms with E-state index in [1.807, 2.05) is 13.8 Å². The molecule has 0 saturated carbocycles. The fourth-order valence-electron chi connectivity index (χ4n) is 2.66. The third kappa shape index (κ3) is 5.05. The lowest BCUT2D eigenvalue weighted by atomic mass is 10.0. The molecular weight excluding hydrogens is 442 g/mol. The van der Waals surface area contributed by atoms with Gasteiger partial charge < -0.3 is 19.9 Å². The Bertz CT molecular complexity index is 961. The van der Waals surface area contributed by atoms with Crippen molar-refractivity contribution in [2.24, 2.45) is 11.0 Å². The molecule has 0 spiro atoms. The molecule has 29 heavy (non-hydrogen) atoms. The fourth-order valence-corrected chi connectivity index (χ4v) is 3.04. The summed E-state index contributed by atoms with van der Waals surface area (Å²) in [5, 5.41) is 16.4. The van der Waals surface area contributed by atoms with Crippen molar-refractivity contribution in [1.29, 1.82) is 0 Å². The van der Waals surface area contributed by atoms with Gasteiger partial charge in [-0.3, -0.25) is 9.59 Å². The van der Waals surface area contributed by atoms with E-state index in [9.17, 15) is 14.7 Å². The lowest BCUT2D eigenvalue weighted by Gasteiger charge is -2.20. The summed E-state index contributed by atoms with van der Waals surface area (Å²) >= 11 is 3.30. The molecule has 0 saturated heterocycles. The molecule has 152 valence electrons. The van der Waals surface area contributed by atoms with Crippen LogP contribution in [0.4, 0.5) is 0 Å². The van der Waals surface area contributed by atoms with Gasteiger partial charge in [-0.15, -0.1) is 0 Å². The summed E-state index contributed by atoms with van der Waals surface area (Å²) in [6.07, 6.45) is 1.33. The van der Waals surface area contributed by atoms with E-state index in [0.717, 1.165) is 4.47 Å². The number of hydrogen-bond donors (Lipinski definition) is 3. The van der Waals surface area contributed by atoms with Gasteiger partial charge in [0.1, 0.15) is 11.8 Å². The number of hydrogen-bond acceptors (Lipinski definition) is 6. The minimum absolute atomic E-state index is 0.0303. The number of nitrogens with zero attached hydrogens (tertiary/aromatic N) is 1. The molecule has 2 aromatic carbocycles. The second-order valence-electron chi connectivity index (χ2n) is 6.70. The second-order valence-corrected chi connectivity index (χ2v) is 7.62. The van der Waals surface area contributed by atoms with Gasteiger partial charge in [0, 0.05) is 15.6 Å². The number of amides is 2. The molecule has 3 rings (SSSR count). The predicted octanol–water partition coefficient (Wildman–Crippen LogP) is 2.79. The Kier molecular flexibility index (Phi) is 6.38. The van der Waals surface area contributed by atoms with Crippen LogP contribution in [0.3, 0.4) is 0 Å². The van der Waals surface area contributed by atoms with Gasteiger partial charge in [-0.25, -0.2) is 5.43 Å². The largest absolute Gasteiger partial charge is 0.507 e. The first-order valence-corrected chi connectivity index (χ1v) is 9.66. The van der Waals surface area contributed by atoms with Gasteiger partial charge in [-0.2, -0.15) is 5.10 Å². The zero-order valence-electron chi connectivity index (χ0n) is 15.8. The topological polar surface area (TPSA) is 109 Å². The molecule has 0 aliphatic carbocycles. The van der Waals surface area contributed by atoms with Crippen LogP contribution in [0, 0.1) is 5.92 Å². The van der Waals surface area contributed by atoms with Gasteiger partial charge in [0.25, 0.3) is 11.8 Å². The third-order valence-corrected chi connectivity index (χ3v) is 4.73.